The van der Waals surface area contributed by atoms with E-state index in [0.29, 0.717) is 17.9 Å². The Morgan fingerprint density at radius 2 is 1.67 bits per heavy atom. The number of carbonyl (C=O) groups is 2. The topological polar surface area (TPSA) is 68.3 Å². The average Bonchev–Trinajstić information content (AvgIpc) is 3.37. The molecule has 166 valence electrons. The van der Waals surface area contributed by atoms with Gasteiger partial charge in [0.05, 0.1) is 12.8 Å². The van der Waals surface area contributed by atoms with Crippen LogP contribution in [0.3, 0.4) is 0 Å². The minimum Gasteiger partial charge on any atom is -0.497 e. The van der Waals surface area contributed by atoms with Crippen molar-refractivity contribution in [2.75, 3.05) is 7.11 Å². The Kier molecular flexibility index (Phi) is 7.27. The Balaban J connectivity index is 1.31. The van der Waals surface area contributed by atoms with Crippen LogP contribution in [-0.4, -0.2) is 23.8 Å². The number of amides is 1. The van der Waals surface area contributed by atoms with Gasteiger partial charge in [-0.3, -0.25) is 9.59 Å². The summed E-state index contributed by atoms with van der Waals surface area (Å²) < 4.78 is 5.10. The molecular formula is C27H24N2O3S. The summed E-state index contributed by atoms with van der Waals surface area (Å²) in [4.78, 5) is 29.3. The van der Waals surface area contributed by atoms with Crippen LogP contribution in [0.2, 0.25) is 0 Å². The number of ether oxygens (including phenoxy) is 1. The van der Waals surface area contributed by atoms with Crippen molar-refractivity contribution in [3.63, 3.8) is 0 Å². The molecule has 1 N–H and O–H groups in total. The molecule has 3 aromatic carbocycles. The zero-order valence-corrected chi connectivity index (χ0v) is 19.1. The van der Waals surface area contributed by atoms with Crippen LogP contribution >= 0.6 is 11.3 Å². The molecule has 33 heavy (non-hydrogen) atoms. The Labute approximate surface area is 197 Å². The van der Waals surface area contributed by atoms with Crippen molar-refractivity contribution in [1.82, 2.24) is 10.3 Å². The molecule has 0 aliphatic carbocycles. The maximum Gasteiger partial charge on any atom is 0.220 e. The number of thiazole rings is 1. The summed E-state index contributed by atoms with van der Waals surface area (Å²) in [7, 11) is 1.58. The number of nitrogens with zero attached hydrogens (tertiary/aromatic N) is 1. The van der Waals surface area contributed by atoms with Gasteiger partial charge in [0, 0.05) is 41.5 Å². The number of benzene rings is 3. The van der Waals surface area contributed by atoms with E-state index in [1.165, 1.54) is 0 Å². The lowest BCUT2D eigenvalue weighted by atomic mass is 10.1. The van der Waals surface area contributed by atoms with Crippen molar-refractivity contribution in [3.8, 4) is 27.6 Å². The molecule has 6 heteroatoms. The molecule has 1 aromatic heterocycles. The van der Waals surface area contributed by atoms with Crippen molar-refractivity contribution < 1.29 is 14.3 Å². The highest BCUT2D eigenvalue weighted by Crippen LogP contribution is 2.29. The first-order valence-corrected chi connectivity index (χ1v) is 11.5. The molecule has 0 radical (unpaired) electrons. The third-order valence-electron chi connectivity index (χ3n) is 5.23. The van der Waals surface area contributed by atoms with Crippen molar-refractivity contribution in [1.29, 1.82) is 0 Å². The van der Waals surface area contributed by atoms with Gasteiger partial charge in [0.25, 0.3) is 0 Å². The molecule has 4 aromatic rings. The molecule has 1 heterocycles. The fraction of sp³-hybridized carbons (Fsp3) is 0.148. The number of carbonyl (C=O) groups excluding carboxylic acids is 2. The summed E-state index contributed by atoms with van der Waals surface area (Å²) in [6.07, 6.45) is 0.317. The third-order valence-corrected chi connectivity index (χ3v) is 6.12. The molecule has 0 atom stereocenters. The van der Waals surface area contributed by atoms with E-state index in [4.69, 9.17) is 9.72 Å². The maximum absolute atomic E-state index is 12.3. The van der Waals surface area contributed by atoms with E-state index in [-0.39, 0.29) is 24.5 Å². The summed E-state index contributed by atoms with van der Waals surface area (Å²) in [5.74, 6) is 0.483. The number of methoxy groups -OCH3 is 1. The fourth-order valence-electron chi connectivity index (χ4n) is 3.40. The summed E-state index contributed by atoms with van der Waals surface area (Å²) >= 11 is 1.60. The highest BCUT2D eigenvalue weighted by Gasteiger charge is 2.11. The van der Waals surface area contributed by atoms with Crippen molar-refractivity contribution in [3.05, 3.63) is 95.4 Å². The van der Waals surface area contributed by atoms with E-state index in [9.17, 15) is 9.59 Å². The molecule has 0 spiro atoms. The summed E-state index contributed by atoms with van der Waals surface area (Å²) in [5, 5.41) is 5.90. The minimum absolute atomic E-state index is 0.0622. The van der Waals surface area contributed by atoms with Gasteiger partial charge in [0.2, 0.25) is 5.91 Å². The molecule has 0 aliphatic heterocycles. The quantitative estimate of drug-likeness (QED) is 0.325. The number of ketones is 1. The number of hydrogen-bond donors (Lipinski definition) is 1. The number of rotatable bonds is 9. The Morgan fingerprint density at radius 1 is 0.909 bits per heavy atom. The third kappa shape index (κ3) is 5.93. The molecule has 1 amide bonds. The monoisotopic (exact) mass is 456 g/mol. The molecule has 0 saturated carbocycles. The van der Waals surface area contributed by atoms with E-state index in [1.54, 1.807) is 42.7 Å². The van der Waals surface area contributed by atoms with E-state index in [2.05, 4.69) is 10.7 Å². The van der Waals surface area contributed by atoms with Crippen LogP contribution in [0.25, 0.3) is 21.8 Å². The first-order valence-electron chi connectivity index (χ1n) is 10.7. The van der Waals surface area contributed by atoms with Gasteiger partial charge in [0.15, 0.2) is 5.78 Å². The van der Waals surface area contributed by atoms with Gasteiger partial charge in [-0.05, 0) is 35.9 Å². The molecule has 0 unspecified atom stereocenters. The van der Waals surface area contributed by atoms with Crippen LogP contribution < -0.4 is 10.1 Å². The predicted octanol–water partition coefficient (Wildman–Crippen LogP) is 5.77. The maximum atomic E-state index is 12.3. The van der Waals surface area contributed by atoms with Gasteiger partial charge in [0.1, 0.15) is 10.8 Å². The Bertz CT molecular complexity index is 1230. The van der Waals surface area contributed by atoms with E-state index >= 15 is 0 Å². The van der Waals surface area contributed by atoms with E-state index < -0.39 is 0 Å². The second kappa shape index (κ2) is 10.7. The molecule has 5 nitrogen and oxygen atoms in total. The highest BCUT2D eigenvalue weighted by molar-refractivity contribution is 7.13. The van der Waals surface area contributed by atoms with E-state index in [1.807, 2.05) is 54.6 Å². The van der Waals surface area contributed by atoms with Gasteiger partial charge >= 0.3 is 0 Å². The largest absolute Gasteiger partial charge is 0.497 e. The second-order valence-corrected chi connectivity index (χ2v) is 8.39. The molecule has 0 fully saturated rings. The lowest BCUT2D eigenvalue weighted by Gasteiger charge is -2.07. The van der Waals surface area contributed by atoms with Gasteiger partial charge in [-0.2, -0.15) is 0 Å². The van der Waals surface area contributed by atoms with Crippen LogP contribution in [0.15, 0.2) is 84.2 Å². The van der Waals surface area contributed by atoms with Crippen LogP contribution in [0.4, 0.5) is 0 Å². The van der Waals surface area contributed by atoms with E-state index in [0.717, 1.165) is 27.4 Å². The lowest BCUT2D eigenvalue weighted by molar-refractivity contribution is -0.121. The van der Waals surface area contributed by atoms with Crippen LogP contribution in [-0.2, 0) is 11.3 Å². The molecular weight excluding hydrogens is 432 g/mol. The number of hydrogen-bond acceptors (Lipinski definition) is 5. The first kappa shape index (κ1) is 22.4. The molecule has 0 saturated heterocycles. The van der Waals surface area contributed by atoms with Crippen LogP contribution in [0, 0.1) is 0 Å². The van der Waals surface area contributed by atoms with Gasteiger partial charge in [-0.1, -0.05) is 48.5 Å². The van der Waals surface area contributed by atoms with Crippen molar-refractivity contribution in [2.24, 2.45) is 0 Å². The van der Waals surface area contributed by atoms with Crippen molar-refractivity contribution in [2.45, 2.75) is 19.4 Å². The Morgan fingerprint density at radius 3 is 2.42 bits per heavy atom. The zero-order chi connectivity index (χ0) is 23.0. The van der Waals surface area contributed by atoms with Crippen LogP contribution in [0.5, 0.6) is 5.75 Å². The number of aromatic nitrogens is 1. The minimum atomic E-state index is -0.150. The van der Waals surface area contributed by atoms with Gasteiger partial charge in [-0.25, -0.2) is 4.98 Å². The summed E-state index contributed by atoms with van der Waals surface area (Å²) in [5.41, 5.74) is 4.63. The first-order chi connectivity index (χ1) is 16.1. The zero-order valence-electron chi connectivity index (χ0n) is 18.3. The smallest absolute Gasteiger partial charge is 0.220 e. The number of nitrogens with one attached hydrogen (secondary N) is 1. The van der Waals surface area contributed by atoms with Crippen molar-refractivity contribution >= 4 is 23.0 Å². The molecule has 0 aliphatic rings. The average molecular weight is 457 g/mol. The Hall–Kier alpha value is -3.77. The standard InChI is InChI=1S/C27H24N2O3S/c1-32-23-12-10-21(11-13-23)25(30)14-15-26(31)28-17-19-6-5-9-22(16-19)27-29-24(18-33-27)20-7-3-2-4-8-20/h2-13,16,18H,14-15,17H2,1H3,(H,28,31). The summed E-state index contributed by atoms with van der Waals surface area (Å²) in [6.45, 7) is 0.403. The van der Waals surface area contributed by atoms with Crippen LogP contribution in [0.1, 0.15) is 28.8 Å². The predicted molar refractivity (Wildman–Crippen MR) is 131 cm³/mol. The fourth-order valence-corrected chi connectivity index (χ4v) is 4.23. The molecule has 0 bridgehead atoms. The second-order valence-electron chi connectivity index (χ2n) is 7.53. The SMILES string of the molecule is COc1ccc(C(=O)CCC(=O)NCc2cccc(-c3nc(-c4ccccc4)cs3)c2)cc1. The summed E-state index contributed by atoms with van der Waals surface area (Å²) in [6, 6.07) is 25.0. The number of Topliss-reactive ketones (excluding diaryl/α,β-unsaturated/α-hetero) is 1. The normalized spacial score (nSPS) is 10.6. The van der Waals surface area contributed by atoms with Gasteiger partial charge in [-0.15, -0.1) is 11.3 Å². The lowest BCUT2D eigenvalue weighted by Crippen LogP contribution is -2.23. The highest BCUT2D eigenvalue weighted by atomic mass is 32.1. The van der Waals surface area contributed by atoms with Gasteiger partial charge < -0.3 is 10.1 Å². The molecule has 4 rings (SSSR count).